The van der Waals surface area contributed by atoms with Gasteiger partial charge in [-0.25, -0.2) is 0 Å². The van der Waals surface area contributed by atoms with Crippen LogP contribution in [0, 0.1) is 0 Å². The summed E-state index contributed by atoms with van der Waals surface area (Å²) in [6.45, 7) is 0.518. The van der Waals surface area contributed by atoms with E-state index >= 15 is 0 Å². The molecule has 4 nitrogen and oxygen atoms in total. The number of ether oxygens (including phenoxy) is 2. The largest absolute Gasteiger partial charge is 0.497 e. The molecule has 3 aromatic carbocycles. The molecule has 0 radical (unpaired) electrons. The number of carbonyl (C=O) groups is 1. The first kappa shape index (κ1) is 17.5. The van der Waals surface area contributed by atoms with Gasteiger partial charge in [-0.05, 0) is 47.5 Å². The van der Waals surface area contributed by atoms with Crippen LogP contribution < -0.4 is 14.8 Å². The highest BCUT2D eigenvalue weighted by Crippen LogP contribution is 2.18. The molecule has 0 saturated heterocycles. The Balaban J connectivity index is 1.50. The molecule has 0 heterocycles. The van der Waals surface area contributed by atoms with Crippen LogP contribution in [0.1, 0.15) is 11.1 Å². The SMILES string of the molecule is COc1ccc(CC(=O)Nc2ccc(OCc3ccccc3)cc2)cc1. The molecule has 4 heteroatoms. The van der Waals surface area contributed by atoms with Crippen LogP contribution >= 0.6 is 0 Å². The van der Waals surface area contributed by atoms with Crippen molar-refractivity contribution in [3.05, 3.63) is 90.0 Å². The van der Waals surface area contributed by atoms with Crippen LogP contribution in [0.3, 0.4) is 0 Å². The summed E-state index contributed by atoms with van der Waals surface area (Å²) in [7, 11) is 1.62. The van der Waals surface area contributed by atoms with Crippen molar-refractivity contribution in [1.29, 1.82) is 0 Å². The Morgan fingerprint density at radius 2 is 1.46 bits per heavy atom. The summed E-state index contributed by atoms with van der Waals surface area (Å²) in [6, 6.07) is 24.9. The van der Waals surface area contributed by atoms with Crippen molar-refractivity contribution in [2.75, 3.05) is 12.4 Å². The smallest absolute Gasteiger partial charge is 0.228 e. The van der Waals surface area contributed by atoms with E-state index in [1.165, 1.54) is 0 Å². The summed E-state index contributed by atoms with van der Waals surface area (Å²) < 4.78 is 10.9. The number of benzene rings is 3. The molecule has 0 atom stereocenters. The summed E-state index contributed by atoms with van der Waals surface area (Å²) in [4.78, 5) is 12.2. The van der Waals surface area contributed by atoms with Crippen LogP contribution in [-0.4, -0.2) is 13.0 Å². The molecule has 3 rings (SSSR count). The fraction of sp³-hybridized carbons (Fsp3) is 0.136. The zero-order valence-electron chi connectivity index (χ0n) is 14.6. The molecule has 0 fully saturated rings. The number of methoxy groups -OCH3 is 1. The molecule has 1 amide bonds. The first-order valence-electron chi connectivity index (χ1n) is 8.42. The van der Waals surface area contributed by atoms with Gasteiger partial charge in [0.05, 0.1) is 13.5 Å². The van der Waals surface area contributed by atoms with Gasteiger partial charge in [0.15, 0.2) is 0 Å². The van der Waals surface area contributed by atoms with Gasteiger partial charge < -0.3 is 14.8 Å². The third-order valence-corrected chi connectivity index (χ3v) is 3.91. The lowest BCUT2D eigenvalue weighted by Gasteiger charge is -2.09. The monoisotopic (exact) mass is 347 g/mol. The molecule has 1 N–H and O–H groups in total. The number of nitrogens with one attached hydrogen (secondary N) is 1. The maximum atomic E-state index is 12.2. The van der Waals surface area contributed by atoms with E-state index in [9.17, 15) is 4.79 Å². The Hall–Kier alpha value is -3.27. The molecule has 26 heavy (non-hydrogen) atoms. The number of hydrogen-bond donors (Lipinski definition) is 1. The second kappa shape index (κ2) is 8.72. The number of carbonyl (C=O) groups excluding carboxylic acids is 1. The average molecular weight is 347 g/mol. The van der Waals surface area contributed by atoms with Crippen molar-refractivity contribution >= 4 is 11.6 Å². The minimum Gasteiger partial charge on any atom is -0.497 e. The third-order valence-electron chi connectivity index (χ3n) is 3.91. The number of amides is 1. The number of rotatable bonds is 7. The summed E-state index contributed by atoms with van der Waals surface area (Å²) in [5.41, 5.74) is 2.80. The van der Waals surface area contributed by atoms with Crippen molar-refractivity contribution in [1.82, 2.24) is 0 Å². The molecule has 0 aliphatic rings. The van der Waals surface area contributed by atoms with Gasteiger partial charge in [-0.15, -0.1) is 0 Å². The minimum absolute atomic E-state index is 0.0619. The molecular weight excluding hydrogens is 326 g/mol. The Bertz CT molecular complexity index is 828. The molecule has 0 unspecified atom stereocenters. The molecule has 0 aliphatic carbocycles. The maximum Gasteiger partial charge on any atom is 0.228 e. The fourth-order valence-corrected chi connectivity index (χ4v) is 2.51. The van der Waals surface area contributed by atoms with E-state index in [0.29, 0.717) is 13.0 Å². The molecule has 0 saturated carbocycles. The molecule has 3 aromatic rings. The quantitative estimate of drug-likeness (QED) is 0.687. The van der Waals surface area contributed by atoms with Gasteiger partial charge >= 0.3 is 0 Å². The summed E-state index contributed by atoms with van der Waals surface area (Å²) in [6.07, 6.45) is 0.316. The van der Waals surface area contributed by atoms with Crippen molar-refractivity contribution in [2.45, 2.75) is 13.0 Å². The number of hydrogen-bond acceptors (Lipinski definition) is 3. The second-order valence-electron chi connectivity index (χ2n) is 5.87. The standard InChI is InChI=1S/C22H21NO3/c1-25-20-11-7-17(8-12-20)15-22(24)23-19-9-13-21(14-10-19)26-16-18-5-3-2-4-6-18/h2-14H,15-16H2,1H3,(H,23,24). The Morgan fingerprint density at radius 3 is 2.12 bits per heavy atom. The van der Waals surface area contributed by atoms with Crippen molar-refractivity contribution in [3.63, 3.8) is 0 Å². The van der Waals surface area contributed by atoms with E-state index in [4.69, 9.17) is 9.47 Å². The lowest BCUT2D eigenvalue weighted by Crippen LogP contribution is -2.14. The molecule has 0 spiro atoms. The van der Waals surface area contributed by atoms with Crippen molar-refractivity contribution in [2.24, 2.45) is 0 Å². The van der Waals surface area contributed by atoms with E-state index in [1.54, 1.807) is 7.11 Å². The van der Waals surface area contributed by atoms with Crippen molar-refractivity contribution in [3.8, 4) is 11.5 Å². The molecule has 0 bridgehead atoms. The van der Waals surface area contributed by atoms with Gasteiger partial charge in [-0.3, -0.25) is 4.79 Å². The third kappa shape index (κ3) is 5.11. The molecule has 132 valence electrons. The molecular formula is C22H21NO3. The van der Waals surface area contributed by atoms with E-state index in [0.717, 1.165) is 28.3 Å². The van der Waals surface area contributed by atoms with Gasteiger partial charge in [-0.2, -0.15) is 0 Å². The van der Waals surface area contributed by atoms with Crippen LogP contribution in [-0.2, 0) is 17.8 Å². The number of anilines is 1. The van der Waals surface area contributed by atoms with Crippen LogP contribution in [0.5, 0.6) is 11.5 Å². The van der Waals surface area contributed by atoms with Crippen molar-refractivity contribution < 1.29 is 14.3 Å². The molecule has 0 aromatic heterocycles. The Labute approximate surface area is 153 Å². The summed E-state index contributed by atoms with van der Waals surface area (Å²) in [5.74, 6) is 1.48. The normalized spacial score (nSPS) is 10.2. The zero-order valence-corrected chi connectivity index (χ0v) is 14.6. The predicted molar refractivity (Wildman–Crippen MR) is 103 cm³/mol. The zero-order chi connectivity index (χ0) is 18.2. The fourth-order valence-electron chi connectivity index (χ4n) is 2.51. The van der Waals surface area contributed by atoms with Gasteiger partial charge in [0, 0.05) is 5.69 Å². The van der Waals surface area contributed by atoms with E-state index < -0.39 is 0 Å². The van der Waals surface area contributed by atoms with E-state index in [2.05, 4.69) is 5.32 Å². The van der Waals surface area contributed by atoms with Crippen LogP contribution in [0.15, 0.2) is 78.9 Å². The van der Waals surface area contributed by atoms with Gasteiger partial charge in [0.2, 0.25) is 5.91 Å². The Morgan fingerprint density at radius 1 is 0.808 bits per heavy atom. The lowest BCUT2D eigenvalue weighted by molar-refractivity contribution is -0.115. The molecule has 0 aliphatic heterocycles. The van der Waals surface area contributed by atoms with Gasteiger partial charge in [0.1, 0.15) is 18.1 Å². The van der Waals surface area contributed by atoms with Gasteiger partial charge in [-0.1, -0.05) is 42.5 Å². The second-order valence-corrected chi connectivity index (χ2v) is 5.87. The summed E-state index contributed by atoms with van der Waals surface area (Å²) >= 11 is 0. The average Bonchev–Trinajstić information content (AvgIpc) is 2.69. The topological polar surface area (TPSA) is 47.6 Å². The Kier molecular flexibility index (Phi) is 5.88. The maximum absolute atomic E-state index is 12.2. The van der Waals surface area contributed by atoms with Crippen LogP contribution in [0.4, 0.5) is 5.69 Å². The highest BCUT2D eigenvalue weighted by Gasteiger charge is 2.05. The predicted octanol–water partition coefficient (Wildman–Crippen LogP) is 4.46. The minimum atomic E-state index is -0.0619. The first-order chi connectivity index (χ1) is 12.7. The highest BCUT2D eigenvalue weighted by atomic mass is 16.5. The summed E-state index contributed by atoms with van der Waals surface area (Å²) in [5, 5.41) is 2.89. The van der Waals surface area contributed by atoms with E-state index in [1.807, 2.05) is 78.9 Å². The van der Waals surface area contributed by atoms with Crippen LogP contribution in [0.25, 0.3) is 0 Å². The van der Waals surface area contributed by atoms with Gasteiger partial charge in [0.25, 0.3) is 0 Å². The first-order valence-corrected chi connectivity index (χ1v) is 8.42. The lowest BCUT2D eigenvalue weighted by atomic mass is 10.1. The van der Waals surface area contributed by atoms with Crippen LogP contribution in [0.2, 0.25) is 0 Å². The highest BCUT2D eigenvalue weighted by molar-refractivity contribution is 5.92. The van der Waals surface area contributed by atoms with E-state index in [-0.39, 0.29) is 5.91 Å².